The summed E-state index contributed by atoms with van der Waals surface area (Å²) in [6, 6.07) is 1.32. The summed E-state index contributed by atoms with van der Waals surface area (Å²) >= 11 is 0. The number of nitro benzene ring substituents is 1. The summed E-state index contributed by atoms with van der Waals surface area (Å²) in [5.74, 6) is -1.27. The van der Waals surface area contributed by atoms with E-state index in [1.165, 1.54) is 6.42 Å². The van der Waals surface area contributed by atoms with Gasteiger partial charge in [0.25, 0.3) is 5.69 Å². The summed E-state index contributed by atoms with van der Waals surface area (Å²) in [6.07, 6.45) is 4.36. The molecule has 0 amide bonds. The van der Waals surface area contributed by atoms with Crippen LogP contribution in [0.5, 0.6) is 0 Å². The summed E-state index contributed by atoms with van der Waals surface area (Å²) in [7, 11) is 0. The fourth-order valence-corrected chi connectivity index (χ4v) is 2.38. The van der Waals surface area contributed by atoms with Crippen LogP contribution in [0.15, 0.2) is 12.1 Å². The molecule has 1 fully saturated rings. The minimum Gasteiger partial charge on any atom is -0.375 e. The van der Waals surface area contributed by atoms with E-state index in [9.17, 15) is 18.9 Å². The molecule has 1 aromatic rings. The molecule has 19 heavy (non-hydrogen) atoms. The molecule has 0 bridgehead atoms. The summed E-state index contributed by atoms with van der Waals surface area (Å²) < 4.78 is 26.7. The van der Waals surface area contributed by atoms with Crippen LogP contribution in [0.25, 0.3) is 0 Å². The Labute approximate surface area is 110 Å². The van der Waals surface area contributed by atoms with E-state index in [2.05, 4.69) is 5.32 Å². The van der Waals surface area contributed by atoms with Crippen LogP contribution in [0, 0.1) is 27.7 Å². The van der Waals surface area contributed by atoms with E-state index in [0.29, 0.717) is 12.0 Å². The molecule has 1 atom stereocenters. The maximum Gasteiger partial charge on any atom is 0.298 e. The molecule has 2 rings (SSSR count). The van der Waals surface area contributed by atoms with Crippen molar-refractivity contribution in [2.24, 2.45) is 5.92 Å². The monoisotopic (exact) mass is 270 g/mol. The summed E-state index contributed by atoms with van der Waals surface area (Å²) in [6.45, 7) is 1.85. The number of nitrogens with zero attached hydrogens (tertiary/aromatic N) is 1. The van der Waals surface area contributed by atoms with E-state index in [4.69, 9.17) is 0 Å². The van der Waals surface area contributed by atoms with Crippen LogP contribution in [0.1, 0.15) is 32.6 Å². The molecule has 1 aliphatic carbocycles. The van der Waals surface area contributed by atoms with Crippen molar-refractivity contribution in [2.75, 3.05) is 5.32 Å². The third-order valence-electron chi connectivity index (χ3n) is 3.53. The third-order valence-corrected chi connectivity index (χ3v) is 3.53. The lowest BCUT2D eigenvalue weighted by Gasteiger charge is -2.28. The maximum absolute atomic E-state index is 13.7. The molecule has 1 aliphatic rings. The first-order valence-corrected chi connectivity index (χ1v) is 6.37. The van der Waals surface area contributed by atoms with E-state index in [1.54, 1.807) is 0 Å². The minimum absolute atomic E-state index is 0.0797. The predicted molar refractivity (Wildman–Crippen MR) is 68.1 cm³/mol. The second-order valence-corrected chi connectivity index (χ2v) is 5.12. The zero-order valence-electron chi connectivity index (χ0n) is 10.7. The van der Waals surface area contributed by atoms with Gasteiger partial charge in [0.05, 0.1) is 11.0 Å². The van der Waals surface area contributed by atoms with E-state index in [-0.39, 0.29) is 11.7 Å². The van der Waals surface area contributed by atoms with Crippen molar-refractivity contribution in [3.63, 3.8) is 0 Å². The molecule has 1 aromatic carbocycles. The van der Waals surface area contributed by atoms with Crippen LogP contribution in [0.3, 0.4) is 0 Å². The zero-order chi connectivity index (χ0) is 14.0. The molecule has 0 spiro atoms. The second-order valence-electron chi connectivity index (χ2n) is 5.12. The first-order chi connectivity index (χ1) is 8.97. The molecule has 0 aliphatic heterocycles. The predicted octanol–water partition coefficient (Wildman–Crippen LogP) is 3.86. The van der Waals surface area contributed by atoms with Gasteiger partial charge in [-0.1, -0.05) is 19.3 Å². The van der Waals surface area contributed by atoms with Crippen molar-refractivity contribution < 1.29 is 13.7 Å². The van der Waals surface area contributed by atoms with Crippen LogP contribution in [-0.4, -0.2) is 11.0 Å². The summed E-state index contributed by atoms with van der Waals surface area (Å²) in [5, 5.41) is 13.6. The smallest absolute Gasteiger partial charge is 0.298 e. The molecule has 0 heterocycles. The highest BCUT2D eigenvalue weighted by Crippen LogP contribution is 2.33. The fourth-order valence-electron chi connectivity index (χ4n) is 2.38. The SMILES string of the molecule is CC(CC1CCC1)Nc1c(F)cc(F)cc1[N+](=O)[O-]. The number of hydrogen-bond acceptors (Lipinski definition) is 3. The fraction of sp³-hybridized carbons (Fsp3) is 0.538. The molecule has 0 saturated heterocycles. The Morgan fingerprint density at radius 1 is 1.47 bits per heavy atom. The summed E-state index contributed by atoms with van der Waals surface area (Å²) in [5.41, 5.74) is -0.781. The van der Waals surface area contributed by atoms with E-state index >= 15 is 0 Å². The summed E-state index contributed by atoms with van der Waals surface area (Å²) in [4.78, 5) is 10.1. The van der Waals surface area contributed by atoms with Gasteiger partial charge in [-0.3, -0.25) is 10.1 Å². The van der Waals surface area contributed by atoms with Crippen molar-refractivity contribution in [3.8, 4) is 0 Å². The quantitative estimate of drug-likeness (QED) is 0.652. The van der Waals surface area contributed by atoms with Crippen LogP contribution >= 0.6 is 0 Å². The van der Waals surface area contributed by atoms with Crippen molar-refractivity contribution in [2.45, 2.75) is 38.6 Å². The number of hydrogen-bond donors (Lipinski definition) is 1. The van der Waals surface area contributed by atoms with Crippen LogP contribution in [-0.2, 0) is 0 Å². The molecule has 1 N–H and O–H groups in total. The average Bonchev–Trinajstić information content (AvgIpc) is 2.26. The van der Waals surface area contributed by atoms with E-state index in [1.807, 2.05) is 6.92 Å². The van der Waals surface area contributed by atoms with Gasteiger partial charge in [0, 0.05) is 12.1 Å². The number of rotatable bonds is 5. The number of nitro groups is 1. The van der Waals surface area contributed by atoms with Crippen LogP contribution in [0.2, 0.25) is 0 Å². The lowest BCUT2D eigenvalue weighted by Crippen LogP contribution is -2.24. The Hall–Kier alpha value is -1.72. The van der Waals surface area contributed by atoms with E-state index in [0.717, 1.165) is 25.3 Å². The molecular formula is C13H16F2N2O2. The molecule has 4 nitrogen and oxygen atoms in total. The largest absolute Gasteiger partial charge is 0.375 e. The number of nitrogens with one attached hydrogen (secondary N) is 1. The van der Waals surface area contributed by atoms with Crippen molar-refractivity contribution >= 4 is 11.4 Å². The number of anilines is 1. The average molecular weight is 270 g/mol. The van der Waals surface area contributed by atoms with Crippen molar-refractivity contribution in [1.82, 2.24) is 0 Å². The lowest BCUT2D eigenvalue weighted by atomic mass is 9.81. The molecular weight excluding hydrogens is 254 g/mol. The van der Waals surface area contributed by atoms with Gasteiger partial charge in [-0.2, -0.15) is 0 Å². The standard InChI is InChI=1S/C13H16F2N2O2/c1-8(5-9-3-2-4-9)16-13-11(15)6-10(14)7-12(13)17(18)19/h6-9,16H,2-5H2,1H3. The second kappa shape index (κ2) is 5.50. The van der Waals surface area contributed by atoms with Crippen LogP contribution in [0.4, 0.5) is 20.2 Å². The number of halogens is 2. The number of benzene rings is 1. The maximum atomic E-state index is 13.7. The van der Waals surface area contributed by atoms with Gasteiger partial charge in [0.2, 0.25) is 0 Å². The topological polar surface area (TPSA) is 55.2 Å². The molecule has 1 saturated carbocycles. The normalized spacial score (nSPS) is 16.8. The van der Waals surface area contributed by atoms with Crippen LogP contribution < -0.4 is 5.32 Å². The first-order valence-electron chi connectivity index (χ1n) is 6.37. The highest BCUT2D eigenvalue weighted by molar-refractivity contribution is 5.62. The molecule has 6 heteroatoms. The molecule has 0 aromatic heterocycles. The third kappa shape index (κ3) is 3.19. The van der Waals surface area contributed by atoms with Gasteiger partial charge in [-0.15, -0.1) is 0 Å². The minimum atomic E-state index is -0.943. The van der Waals surface area contributed by atoms with Gasteiger partial charge in [-0.25, -0.2) is 8.78 Å². The Morgan fingerprint density at radius 3 is 2.68 bits per heavy atom. The Morgan fingerprint density at radius 2 is 2.16 bits per heavy atom. The van der Waals surface area contributed by atoms with Gasteiger partial charge in [0.15, 0.2) is 5.82 Å². The van der Waals surface area contributed by atoms with E-state index < -0.39 is 22.2 Å². The molecule has 1 unspecified atom stereocenters. The Bertz CT molecular complexity index is 490. The van der Waals surface area contributed by atoms with Crippen molar-refractivity contribution in [1.29, 1.82) is 0 Å². The molecule has 104 valence electrons. The zero-order valence-corrected chi connectivity index (χ0v) is 10.7. The van der Waals surface area contributed by atoms with Crippen molar-refractivity contribution in [3.05, 3.63) is 33.9 Å². The van der Waals surface area contributed by atoms with Gasteiger partial charge in [-0.05, 0) is 19.3 Å². The first kappa shape index (κ1) is 13.7. The van der Waals surface area contributed by atoms with Gasteiger partial charge >= 0.3 is 0 Å². The molecule has 0 radical (unpaired) electrons. The Balaban J connectivity index is 2.15. The highest BCUT2D eigenvalue weighted by Gasteiger charge is 2.24. The van der Waals surface area contributed by atoms with Gasteiger partial charge in [0.1, 0.15) is 11.5 Å². The Kier molecular flexibility index (Phi) is 3.97. The lowest BCUT2D eigenvalue weighted by molar-refractivity contribution is -0.384. The van der Waals surface area contributed by atoms with Gasteiger partial charge < -0.3 is 5.32 Å². The highest BCUT2D eigenvalue weighted by atomic mass is 19.1.